The van der Waals surface area contributed by atoms with Crippen LogP contribution in [-0.4, -0.2) is 58.7 Å². The molecule has 0 saturated carbocycles. The van der Waals surface area contributed by atoms with E-state index in [1.54, 1.807) is 25.0 Å². The van der Waals surface area contributed by atoms with Crippen molar-refractivity contribution in [3.05, 3.63) is 59.4 Å². The Balaban J connectivity index is 1.64. The summed E-state index contributed by atoms with van der Waals surface area (Å²) in [5, 5.41) is 7.11. The molecule has 1 saturated heterocycles. The summed E-state index contributed by atoms with van der Waals surface area (Å²) in [6, 6.07) is 5.95. The first-order valence-corrected chi connectivity index (χ1v) is 11.5. The van der Waals surface area contributed by atoms with Crippen LogP contribution in [0.25, 0.3) is 11.3 Å². The number of halogens is 2. The molecule has 0 aliphatic carbocycles. The second-order valence-electron chi connectivity index (χ2n) is 8.78. The van der Waals surface area contributed by atoms with Crippen LogP contribution in [0.1, 0.15) is 46.5 Å². The van der Waals surface area contributed by atoms with Gasteiger partial charge >= 0.3 is 0 Å². The van der Waals surface area contributed by atoms with Crippen LogP contribution in [0, 0.1) is 11.6 Å². The summed E-state index contributed by atoms with van der Waals surface area (Å²) in [6.45, 7) is 1.73. The van der Waals surface area contributed by atoms with Crippen LogP contribution in [0.4, 0.5) is 20.3 Å². The SMILES string of the molecule is CN(C)C(=O)c1ccc(F)c(-c2nc(C(=O)Nc3cnn(C)c3N3CCCCCC3)ccc2F)c1. The molecule has 1 fully saturated rings. The molecule has 0 atom stereocenters. The van der Waals surface area contributed by atoms with Crippen LogP contribution in [-0.2, 0) is 7.05 Å². The fourth-order valence-corrected chi connectivity index (χ4v) is 4.22. The lowest BCUT2D eigenvalue weighted by Crippen LogP contribution is -2.27. The van der Waals surface area contributed by atoms with E-state index in [-0.39, 0.29) is 28.4 Å². The van der Waals surface area contributed by atoms with E-state index in [1.165, 1.54) is 23.1 Å². The van der Waals surface area contributed by atoms with Crippen molar-refractivity contribution in [2.45, 2.75) is 25.7 Å². The second kappa shape index (κ2) is 10.2. The van der Waals surface area contributed by atoms with Gasteiger partial charge in [0.05, 0.1) is 6.20 Å². The summed E-state index contributed by atoms with van der Waals surface area (Å²) in [5.41, 5.74) is 0.0755. The van der Waals surface area contributed by atoms with Gasteiger partial charge in [-0.3, -0.25) is 14.3 Å². The molecule has 35 heavy (non-hydrogen) atoms. The molecule has 2 aromatic heterocycles. The molecule has 2 amide bonds. The highest BCUT2D eigenvalue weighted by Crippen LogP contribution is 2.29. The lowest BCUT2D eigenvalue weighted by atomic mass is 10.0. The Hall–Kier alpha value is -3.82. The Morgan fingerprint density at radius 3 is 2.37 bits per heavy atom. The number of anilines is 2. The van der Waals surface area contributed by atoms with E-state index in [1.807, 2.05) is 7.05 Å². The van der Waals surface area contributed by atoms with Gasteiger partial charge in [0.25, 0.3) is 11.8 Å². The number of hydrogen-bond donors (Lipinski definition) is 1. The van der Waals surface area contributed by atoms with Gasteiger partial charge in [-0.15, -0.1) is 0 Å². The molecule has 0 bridgehead atoms. The van der Waals surface area contributed by atoms with Crippen molar-refractivity contribution in [3.8, 4) is 11.3 Å². The standard InChI is InChI=1S/C25H28F2N6O2/c1-31(2)25(35)16-8-9-18(26)17(14-16)22-19(27)10-11-20(29-22)23(34)30-21-15-28-32(3)24(21)33-12-6-4-5-7-13-33/h8-11,14-15H,4-7,12-13H2,1-3H3,(H,30,34). The summed E-state index contributed by atoms with van der Waals surface area (Å²) >= 11 is 0. The van der Waals surface area contributed by atoms with E-state index in [2.05, 4.69) is 20.3 Å². The van der Waals surface area contributed by atoms with Crippen LogP contribution < -0.4 is 10.2 Å². The van der Waals surface area contributed by atoms with Crippen molar-refractivity contribution < 1.29 is 18.4 Å². The molecule has 0 unspecified atom stereocenters. The zero-order chi connectivity index (χ0) is 25.1. The largest absolute Gasteiger partial charge is 0.355 e. The van der Waals surface area contributed by atoms with Crippen LogP contribution in [0.15, 0.2) is 36.5 Å². The fourth-order valence-electron chi connectivity index (χ4n) is 4.22. The maximum atomic E-state index is 14.7. The number of benzene rings is 1. The normalized spacial score (nSPS) is 13.9. The smallest absolute Gasteiger partial charge is 0.274 e. The number of pyridine rings is 1. The zero-order valence-electron chi connectivity index (χ0n) is 20.0. The van der Waals surface area contributed by atoms with Crippen molar-refractivity contribution >= 4 is 23.3 Å². The van der Waals surface area contributed by atoms with Gasteiger partial charge in [-0.05, 0) is 43.2 Å². The average Bonchev–Trinajstić information content (AvgIpc) is 3.02. The van der Waals surface area contributed by atoms with Crippen molar-refractivity contribution in [3.63, 3.8) is 0 Å². The number of rotatable bonds is 5. The topological polar surface area (TPSA) is 83.4 Å². The number of nitrogens with one attached hydrogen (secondary N) is 1. The van der Waals surface area contributed by atoms with Gasteiger partial charge in [-0.25, -0.2) is 13.8 Å². The predicted molar refractivity (Wildman–Crippen MR) is 129 cm³/mol. The summed E-state index contributed by atoms with van der Waals surface area (Å²) in [6.07, 6.45) is 6.01. The molecule has 8 nitrogen and oxygen atoms in total. The number of nitrogens with zero attached hydrogens (tertiary/aromatic N) is 5. The molecule has 3 aromatic rings. The molecule has 3 heterocycles. The van der Waals surface area contributed by atoms with Gasteiger partial charge in [-0.1, -0.05) is 12.8 Å². The van der Waals surface area contributed by atoms with E-state index in [0.29, 0.717) is 5.69 Å². The highest BCUT2D eigenvalue weighted by Gasteiger charge is 2.22. The fraction of sp³-hybridized carbons (Fsp3) is 0.360. The summed E-state index contributed by atoms with van der Waals surface area (Å²) in [4.78, 5) is 33.0. The molecule has 1 N–H and O–H groups in total. The van der Waals surface area contributed by atoms with Gasteiger partial charge in [0.2, 0.25) is 0 Å². The van der Waals surface area contributed by atoms with E-state index in [0.717, 1.165) is 56.7 Å². The number of carbonyl (C=O) groups is 2. The molecule has 10 heteroatoms. The average molecular weight is 483 g/mol. The maximum Gasteiger partial charge on any atom is 0.274 e. The zero-order valence-corrected chi connectivity index (χ0v) is 20.0. The number of hydrogen-bond acceptors (Lipinski definition) is 5. The third kappa shape index (κ3) is 5.16. The minimum atomic E-state index is -0.804. The van der Waals surface area contributed by atoms with Crippen molar-refractivity contribution in [2.24, 2.45) is 7.05 Å². The number of aromatic nitrogens is 3. The molecule has 4 rings (SSSR count). The molecule has 0 spiro atoms. The minimum Gasteiger partial charge on any atom is -0.355 e. The Morgan fingerprint density at radius 1 is 1.00 bits per heavy atom. The number of aryl methyl sites for hydroxylation is 1. The second-order valence-corrected chi connectivity index (χ2v) is 8.78. The van der Waals surface area contributed by atoms with Crippen LogP contribution in [0.2, 0.25) is 0 Å². The molecular formula is C25H28F2N6O2. The predicted octanol–water partition coefficient (Wildman–Crippen LogP) is 4.09. The third-order valence-electron chi connectivity index (χ3n) is 6.01. The van der Waals surface area contributed by atoms with Gasteiger partial charge in [0.1, 0.15) is 28.7 Å². The summed E-state index contributed by atoms with van der Waals surface area (Å²) in [7, 11) is 4.94. The van der Waals surface area contributed by atoms with Crippen molar-refractivity contribution in [1.82, 2.24) is 19.7 Å². The molecule has 184 valence electrons. The van der Waals surface area contributed by atoms with E-state index in [4.69, 9.17) is 0 Å². The van der Waals surface area contributed by atoms with Gasteiger partial charge in [0.15, 0.2) is 5.82 Å². The summed E-state index contributed by atoms with van der Waals surface area (Å²) in [5.74, 6) is -1.69. The lowest BCUT2D eigenvalue weighted by molar-refractivity contribution is 0.0827. The van der Waals surface area contributed by atoms with Gasteiger partial charge < -0.3 is 15.1 Å². The first kappa shape index (κ1) is 24.3. The molecule has 0 radical (unpaired) electrons. The van der Waals surface area contributed by atoms with E-state index >= 15 is 0 Å². The van der Waals surface area contributed by atoms with Crippen LogP contribution >= 0.6 is 0 Å². The highest BCUT2D eigenvalue weighted by molar-refractivity contribution is 6.04. The van der Waals surface area contributed by atoms with E-state index < -0.39 is 17.5 Å². The molecule has 1 aromatic carbocycles. The van der Waals surface area contributed by atoms with E-state index in [9.17, 15) is 18.4 Å². The molecule has 1 aliphatic heterocycles. The first-order valence-electron chi connectivity index (χ1n) is 11.5. The molecule has 1 aliphatic rings. The Labute approximate surface area is 202 Å². The highest BCUT2D eigenvalue weighted by atomic mass is 19.1. The summed E-state index contributed by atoms with van der Waals surface area (Å²) < 4.78 is 31.0. The Morgan fingerprint density at radius 2 is 1.69 bits per heavy atom. The maximum absolute atomic E-state index is 14.7. The third-order valence-corrected chi connectivity index (χ3v) is 6.01. The van der Waals surface area contributed by atoms with Gasteiger partial charge in [0, 0.05) is 45.4 Å². The monoisotopic (exact) mass is 482 g/mol. The van der Waals surface area contributed by atoms with Crippen LogP contribution in [0.3, 0.4) is 0 Å². The van der Waals surface area contributed by atoms with Gasteiger partial charge in [-0.2, -0.15) is 5.10 Å². The number of carbonyl (C=O) groups excluding carboxylic acids is 2. The minimum absolute atomic E-state index is 0.0872. The number of amides is 2. The Kier molecular flexibility index (Phi) is 7.09. The first-order chi connectivity index (χ1) is 16.8. The van der Waals surface area contributed by atoms with Crippen LogP contribution in [0.5, 0.6) is 0 Å². The van der Waals surface area contributed by atoms with Crippen molar-refractivity contribution in [1.29, 1.82) is 0 Å². The lowest BCUT2D eigenvalue weighted by Gasteiger charge is -2.24. The Bertz CT molecular complexity index is 1250. The molecular weight excluding hydrogens is 454 g/mol. The quantitative estimate of drug-likeness (QED) is 0.592. The van der Waals surface area contributed by atoms with Crippen molar-refractivity contribution in [2.75, 3.05) is 37.4 Å².